The Labute approximate surface area is 342 Å². The van der Waals surface area contributed by atoms with Crippen LogP contribution in [-0.2, 0) is 4.57 Å². The predicted molar refractivity (Wildman–Crippen MR) is 249 cm³/mol. The highest BCUT2D eigenvalue weighted by Gasteiger charge is 2.29. The molecule has 0 amide bonds. The van der Waals surface area contributed by atoms with E-state index < -0.39 is 7.14 Å². The smallest absolute Gasteiger partial charge is 0.171 e. The van der Waals surface area contributed by atoms with Crippen molar-refractivity contribution in [2.75, 3.05) is 0 Å². The minimum Gasteiger partial charge on any atom is -0.309 e. The first-order valence-electron chi connectivity index (χ1n) is 20.0. The van der Waals surface area contributed by atoms with Crippen LogP contribution in [-0.4, -0.2) is 9.55 Å². The second-order valence-electron chi connectivity index (χ2n) is 15.0. The molecule has 11 rings (SSSR count). The third-order valence-electron chi connectivity index (χ3n) is 11.7. The SMILES string of the molecule is O=P(c1ccccc1)(c1ccccc1)c1ccc(-c2ccc(-c3cccc4c3nc(-c3ccccc3)c3ccc5c(c6ccccc6n5-c5ccccc5)c34)cc2)cc1. The van der Waals surface area contributed by atoms with E-state index in [1.807, 2.05) is 72.8 Å². The largest absolute Gasteiger partial charge is 0.309 e. The van der Waals surface area contributed by atoms with E-state index >= 15 is 0 Å². The van der Waals surface area contributed by atoms with Gasteiger partial charge in [0.05, 0.1) is 22.2 Å². The molecule has 11 aromatic rings. The molecule has 0 bridgehead atoms. The van der Waals surface area contributed by atoms with Gasteiger partial charge in [0.15, 0.2) is 7.14 Å². The summed E-state index contributed by atoms with van der Waals surface area (Å²) in [5.41, 5.74) is 10.8. The summed E-state index contributed by atoms with van der Waals surface area (Å²) >= 11 is 0. The van der Waals surface area contributed by atoms with E-state index in [0.29, 0.717) is 0 Å². The normalized spacial score (nSPS) is 11.8. The quantitative estimate of drug-likeness (QED) is 0.119. The summed E-state index contributed by atoms with van der Waals surface area (Å²) in [4.78, 5) is 5.53. The number of fused-ring (bicyclic) bond motifs is 7. The van der Waals surface area contributed by atoms with Crippen LogP contribution in [0.3, 0.4) is 0 Å². The Hall–Kier alpha value is -7.32. The number of aromatic nitrogens is 2. The number of hydrogen-bond donors (Lipinski definition) is 0. The van der Waals surface area contributed by atoms with Gasteiger partial charge in [0.1, 0.15) is 0 Å². The first kappa shape index (κ1) is 34.9. The second-order valence-corrected chi connectivity index (χ2v) is 17.8. The molecule has 0 saturated heterocycles. The molecule has 0 spiro atoms. The average molecular weight is 773 g/mol. The molecule has 0 atom stereocenters. The summed E-state index contributed by atoms with van der Waals surface area (Å²) in [6.45, 7) is 0. The van der Waals surface area contributed by atoms with Crippen molar-refractivity contribution < 1.29 is 4.57 Å². The van der Waals surface area contributed by atoms with Crippen molar-refractivity contribution in [2.45, 2.75) is 0 Å². The fraction of sp³-hybridized carbons (Fsp3) is 0. The van der Waals surface area contributed by atoms with Crippen LogP contribution in [0, 0.1) is 0 Å². The number of para-hydroxylation sites is 3. The van der Waals surface area contributed by atoms with Gasteiger partial charge >= 0.3 is 0 Å². The molecule has 0 unspecified atom stereocenters. The zero-order chi connectivity index (χ0) is 39.3. The fourth-order valence-electron chi connectivity index (χ4n) is 8.91. The van der Waals surface area contributed by atoms with Gasteiger partial charge in [-0.15, -0.1) is 0 Å². The molecule has 4 heteroatoms. The number of benzene rings is 9. The van der Waals surface area contributed by atoms with Crippen LogP contribution in [0.4, 0.5) is 0 Å². The lowest BCUT2D eigenvalue weighted by Crippen LogP contribution is -2.24. The molecule has 0 N–H and O–H groups in total. The minimum atomic E-state index is -3.06. The lowest BCUT2D eigenvalue weighted by Gasteiger charge is -2.20. The Kier molecular flexibility index (Phi) is 8.43. The van der Waals surface area contributed by atoms with Crippen molar-refractivity contribution in [1.82, 2.24) is 9.55 Å². The van der Waals surface area contributed by atoms with E-state index in [2.05, 4.69) is 156 Å². The lowest BCUT2D eigenvalue weighted by molar-refractivity contribution is 0.592. The third-order valence-corrected chi connectivity index (χ3v) is 14.8. The molecular weight excluding hydrogens is 736 g/mol. The molecule has 59 heavy (non-hydrogen) atoms. The second kappa shape index (κ2) is 14.3. The molecule has 0 aliphatic carbocycles. The summed E-state index contributed by atoms with van der Waals surface area (Å²) in [5.74, 6) is 0. The van der Waals surface area contributed by atoms with Gasteiger partial charge in [-0.2, -0.15) is 0 Å². The maximum Gasteiger partial charge on any atom is 0.171 e. The van der Waals surface area contributed by atoms with Gasteiger partial charge < -0.3 is 9.13 Å². The Morgan fingerprint density at radius 3 is 1.54 bits per heavy atom. The minimum absolute atomic E-state index is 0.819. The van der Waals surface area contributed by atoms with E-state index in [9.17, 15) is 4.57 Å². The zero-order valence-corrected chi connectivity index (χ0v) is 33.0. The molecule has 9 aromatic carbocycles. The van der Waals surface area contributed by atoms with Gasteiger partial charge in [-0.25, -0.2) is 4.98 Å². The Morgan fingerprint density at radius 1 is 0.356 bits per heavy atom. The summed E-state index contributed by atoms with van der Waals surface area (Å²) in [6.07, 6.45) is 0. The van der Waals surface area contributed by atoms with Gasteiger partial charge in [-0.3, -0.25) is 0 Å². The number of nitrogens with zero attached hydrogens (tertiary/aromatic N) is 2. The monoisotopic (exact) mass is 772 g/mol. The van der Waals surface area contributed by atoms with Crippen molar-refractivity contribution in [2.24, 2.45) is 0 Å². The lowest BCUT2D eigenvalue weighted by atomic mass is 9.93. The van der Waals surface area contributed by atoms with E-state index in [4.69, 9.17) is 4.98 Å². The summed E-state index contributed by atoms with van der Waals surface area (Å²) in [7, 11) is -3.06. The van der Waals surface area contributed by atoms with E-state index in [0.717, 1.165) is 71.4 Å². The molecule has 0 aliphatic rings. The van der Waals surface area contributed by atoms with Crippen LogP contribution in [0.1, 0.15) is 0 Å². The van der Waals surface area contributed by atoms with Crippen LogP contribution in [0.5, 0.6) is 0 Å². The number of pyridine rings is 1. The summed E-state index contributed by atoms with van der Waals surface area (Å²) in [5, 5.41) is 8.39. The first-order chi connectivity index (χ1) is 29.2. The van der Waals surface area contributed by atoms with E-state index in [1.165, 1.54) is 27.2 Å². The predicted octanol–water partition coefficient (Wildman–Crippen LogP) is 13.1. The van der Waals surface area contributed by atoms with Gasteiger partial charge in [0.25, 0.3) is 0 Å². The molecule has 2 heterocycles. The molecule has 278 valence electrons. The maximum absolute atomic E-state index is 15.0. The number of hydrogen-bond acceptors (Lipinski definition) is 2. The van der Waals surface area contributed by atoms with E-state index in [1.54, 1.807) is 0 Å². The van der Waals surface area contributed by atoms with Crippen molar-refractivity contribution in [1.29, 1.82) is 0 Å². The fourth-order valence-corrected chi connectivity index (χ4v) is 11.6. The van der Waals surface area contributed by atoms with Crippen LogP contribution in [0.2, 0.25) is 0 Å². The van der Waals surface area contributed by atoms with Gasteiger partial charge in [0, 0.05) is 59.7 Å². The molecule has 0 fully saturated rings. The zero-order valence-electron chi connectivity index (χ0n) is 32.1. The highest BCUT2D eigenvalue weighted by atomic mass is 31.2. The summed E-state index contributed by atoms with van der Waals surface area (Å²) in [6, 6.07) is 77.7. The summed E-state index contributed by atoms with van der Waals surface area (Å²) < 4.78 is 17.4. The number of rotatable bonds is 7. The first-order valence-corrected chi connectivity index (χ1v) is 21.7. The van der Waals surface area contributed by atoms with Crippen molar-refractivity contribution in [3.8, 4) is 39.2 Å². The molecule has 2 aromatic heterocycles. The van der Waals surface area contributed by atoms with E-state index in [-0.39, 0.29) is 0 Å². The van der Waals surface area contributed by atoms with Gasteiger partial charge in [-0.1, -0.05) is 200 Å². The molecule has 0 aliphatic heterocycles. The van der Waals surface area contributed by atoms with Crippen molar-refractivity contribution in [3.63, 3.8) is 0 Å². The highest BCUT2D eigenvalue weighted by molar-refractivity contribution is 7.85. The standard InChI is InChI=1S/C55H37N2OP/c58-59(43-20-9-3-10-21-43,44-22-11-4-12-23-44)45-34-32-39(33-35-45)38-28-30-40(31-29-38)46-25-15-26-48-52-49(54(56-55(46)48)41-16-5-1-6-17-41)36-37-51-53(52)47-24-13-14-27-50(47)57(51)42-18-7-2-8-19-42/h1-37H. The van der Waals surface area contributed by atoms with Crippen LogP contribution >= 0.6 is 7.14 Å². The Bertz CT molecular complexity index is 3320. The molecule has 0 radical (unpaired) electrons. The highest BCUT2D eigenvalue weighted by Crippen LogP contribution is 2.45. The van der Waals surface area contributed by atoms with Gasteiger partial charge in [-0.05, 0) is 41.0 Å². The molecule has 0 saturated carbocycles. The van der Waals surface area contributed by atoms with Crippen molar-refractivity contribution >= 4 is 66.5 Å². The van der Waals surface area contributed by atoms with Crippen LogP contribution in [0.15, 0.2) is 224 Å². The topological polar surface area (TPSA) is 34.9 Å². The third kappa shape index (κ3) is 5.74. The Morgan fingerprint density at radius 2 is 0.881 bits per heavy atom. The van der Waals surface area contributed by atoms with Crippen LogP contribution in [0.25, 0.3) is 82.7 Å². The molecule has 3 nitrogen and oxygen atoms in total. The van der Waals surface area contributed by atoms with Gasteiger partial charge in [0.2, 0.25) is 0 Å². The average Bonchev–Trinajstić information content (AvgIpc) is 3.66. The molecular formula is C55H37N2OP. The van der Waals surface area contributed by atoms with Crippen LogP contribution < -0.4 is 15.9 Å². The maximum atomic E-state index is 15.0. The van der Waals surface area contributed by atoms with Crippen molar-refractivity contribution in [3.05, 3.63) is 224 Å². The Balaban J connectivity index is 1.06.